The van der Waals surface area contributed by atoms with E-state index in [2.05, 4.69) is 4.98 Å². The highest BCUT2D eigenvalue weighted by molar-refractivity contribution is 5.58. The van der Waals surface area contributed by atoms with Gasteiger partial charge in [-0.15, -0.1) is 0 Å². The van der Waals surface area contributed by atoms with E-state index in [-0.39, 0.29) is 6.20 Å². The van der Waals surface area contributed by atoms with Gasteiger partial charge in [0.25, 0.3) is 12.1 Å². The van der Waals surface area contributed by atoms with Crippen molar-refractivity contribution in [3.63, 3.8) is 0 Å². The lowest BCUT2D eigenvalue weighted by Crippen LogP contribution is -2.15. The zero-order valence-corrected chi connectivity index (χ0v) is 7.83. The molecule has 0 saturated carbocycles. The summed E-state index contributed by atoms with van der Waals surface area (Å²) in [4.78, 5) is 11.8. The third kappa shape index (κ3) is 2.40. The highest BCUT2D eigenvalue weighted by Crippen LogP contribution is 2.43. The van der Waals surface area contributed by atoms with Gasteiger partial charge in [-0.05, 0) is 0 Å². The number of alkyl halides is 5. The van der Waals surface area contributed by atoms with Gasteiger partial charge < -0.3 is 5.73 Å². The highest BCUT2D eigenvalue weighted by atomic mass is 19.4. The van der Waals surface area contributed by atoms with Crippen LogP contribution in [-0.2, 0) is 6.18 Å². The van der Waals surface area contributed by atoms with E-state index in [1.165, 1.54) is 0 Å². The molecule has 0 unspecified atom stereocenters. The van der Waals surface area contributed by atoms with Crippen molar-refractivity contribution < 1.29 is 26.9 Å². The maximum absolute atomic E-state index is 12.4. The van der Waals surface area contributed by atoms with Crippen LogP contribution in [0.15, 0.2) is 6.20 Å². The second-order valence-corrected chi connectivity index (χ2v) is 2.88. The summed E-state index contributed by atoms with van der Waals surface area (Å²) in [5.41, 5.74) is -0.308. The number of nitrogens with zero attached hydrogens (tertiary/aromatic N) is 2. The first-order valence-electron chi connectivity index (χ1n) is 3.94. The number of anilines is 1. The van der Waals surface area contributed by atoms with E-state index in [0.717, 1.165) is 0 Å². The number of aromatic nitrogens is 1. The molecule has 0 aromatic carbocycles. The van der Waals surface area contributed by atoms with Crippen LogP contribution in [0.5, 0.6) is 0 Å². The molecule has 1 aromatic heterocycles. The van der Waals surface area contributed by atoms with Crippen molar-refractivity contribution in [2.75, 3.05) is 5.73 Å². The fraction of sp³-hybridized carbons (Fsp3) is 0.286. The topological polar surface area (TPSA) is 82.0 Å². The summed E-state index contributed by atoms with van der Waals surface area (Å²) >= 11 is 0. The maximum Gasteiger partial charge on any atom is 0.426 e. The molecule has 0 atom stereocenters. The zero-order valence-electron chi connectivity index (χ0n) is 7.83. The zero-order chi connectivity index (χ0) is 13.4. The lowest BCUT2D eigenvalue weighted by molar-refractivity contribution is -0.389. The van der Waals surface area contributed by atoms with E-state index >= 15 is 0 Å². The summed E-state index contributed by atoms with van der Waals surface area (Å²) in [6.07, 6.45) is -8.43. The van der Waals surface area contributed by atoms with Crippen molar-refractivity contribution in [1.29, 1.82) is 0 Å². The number of hydrogen-bond acceptors (Lipinski definition) is 4. The summed E-state index contributed by atoms with van der Waals surface area (Å²) in [7, 11) is 0. The molecule has 0 spiro atoms. The van der Waals surface area contributed by atoms with Crippen molar-refractivity contribution >= 4 is 11.5 Å². The summed E-state index contributed by atoms with van der Waals surface area (Å²) in [6, 6.07) is 0. The Hall–Kier alpha value is -2.00. The van der Waals surface area contributed by atoms with Crippen LogP contribution in [0.1, 0.15) is 17.6 Å². The molecule has 2 N–H and O–H groups in total. The fourth-order valence-electron chi connectivity index (χ4n) is 1.17. The molecule has 0 saturated heterocycles. The molecule has 0 bridgehead atoms. The molecule has 10 heteroatoms. The quantitative estimate of drug-likeness (QED) is 0.501. The number of hydrogen-bond donors (Lipinski definition) is 1. The lowest BCUT2D eigenvalue weighted by Gasteiger charge is -2.11. The molecule has 0 aliphatic carbocycles. The summed E-state index contributed by atoms with van der Waals surface area (Å²) in [6.45, 7) is 0. The highest BCUT2D eigenvalue weighted by Gasteiger charge is 2.44. The minimum Gasteiger partial charge on any atom is -0.383 e. The predicted molar refractivity (Wildman–Crippen MR) is 45.3 cm³/mol. The van der Waals surface area contributed by atoms with Crippen molar-refractivity contribution in [3.05, 3.63) is 27.4 Å². The van der Waals surface area contributed by atoms with Gasteiger partial charge >= 0.3 is 6.18 Å². The minimum atomic E-state index is -5.23. The molecule has 1 heterocycles. The summed E-state index contributed by atoms with van der Waals surface area (Å²) in [5, 5.41) is 10.4. The Morgan fingerprint density at radius 1 is 1.41 bits per heavy atom. The molecule has 0 aliphatic rings. The Balaban J connectivity index is 3.67. The Labute approximate surface area is 90.2 Å². The molecule has 0 amide bonds. The minimum absolute atomic E-state index is 0.257. The number of halogens is 5. The third-order valence-electron chi connectivity index (χ3n) is 1.81. The van der Waals surface area contributed by atoms with Crippen molar-refractivity contribution in [2.24, 2.45) is 0 Å². The van der Waals surface area contributed by atoms with Gasteiger partial charge in [-0.2, -0.15) is 13.2 Å². The van der Waals surface area contributed by atoms with E-state index in [1.54, 1.807) is 0 Å². The number of nitrogen functional groups attached to an aromatic ring is 1. The number of rotatable bonds is 2. The normalized spacial score (nSPS) is 11.9. The number of nitro groups is 1. The van der Waals surface area contributed by atoms with Crippen LogP contribution in [0, 0.1) is 10.1 Å². The summed E-state index contributed by atoms with van der Waals surface area (Å²) < 4.78 is 62.0. The number of nitrogens with two attached hydrogens (primary N) is 1. The molecule has 0 aliphatic heterocycles. The lowest BCUT2D eigenvalue weighted by atomic mass is 10.1. The van der Waals surface area contributed by atoms with Crippen LogP contribution >= 0.6 is 0 Å². The first-order valence-corrected chi connectivity index (χ1v) is 3.94. The fourth-order valence-corrected chi connectivity index (χ4v) is 1.17. The Morgan fingerprint density at radius 3 is 2.29 bits per heavy atom. The van der Waals surface area contributed by atoms with Crippen molar-refractivity contribution in [1.82, 2.24) is 4.98 Å². The van der Waals surface area contributed by atoms with E-state index in [1.807, 2.05) is 0 Å². The van der Waals surface area contributed by atoms with E-state index in [0.29, 0.717) is 0 Å². The van der Waals surface area contributed by atoms with Gasteiger partial charge in [0.1, 0.15) is 11.4 Å². The summed E-state index contributed by atoms with van der Waals surface area (Å²) in [5.74, 6) is -1.21. The standard InChI is InChI=1S/C7H4F5N3O2/c8-5(9)2-1-14-6(13)3(7(10,11)12)4(2)15(16)17/h1,5H,(H2,13,14). The number of pyridine rings is 1. The molecular weight excluding hydrogens is 253 g/mol. The van der Waals surface area contributed by atoms with Gasteiger partial charge in [0.2, 0.25) is 0 Å². The van der Waals surface area contributed by atoms with Gasteiger partial charge in [-0.3, -0.25) is 10.1 Å². The van der Waals surface area contributed by atoms with Gasteiger partial charge in [0, 0.05) is 6.20 Å². The van der Waals surface area contributed by atoms with Crippen LogP contribution in [0.25, 0.3) is 0 Å². The molecule has 1 rings (SSSR count). The Bertz CT molecular complexity index is 460. The Kier molecular flexibility index (Phi) is 3.16. The van der Waals surface area contributed by atoms with Gasteiger partial charge in [-0.1, -0.05) is 0 Å². The first kappa shape index (κ1) is 13.1. The Morgan fingerprint density at radius 2 is 1.94 bits per heavy atom. The second kappa shape index (κ2) is 4.11. The predicted octanol–water partition coefficient (Wildman–Crippen LogP) is 2.53. The van der Waals surface area contributed by atoms with Crippen molar-refractivity contribution in [3.8, 4) is 0 Å². The van der Waals surface area contributed by atoms with Crippen LogP contribution in [0.3, 0.4) is 0 Å². The van der Waals surface area contributed by atoms with Crippen LogP contribution in [0.4, 0.5) is 33.5 Å². The average molecular weight is 257 g/mol. The molecule has 17 heavy (non-hydrogen) atoms. The molecule has 94 valence electrons. The van der Waals surface area contributed by atoms with Crippen LogP contribution in [-0.4, -0.2) is 9.91 Å². The first-order chi connectivity index (χ1) is 7.66. The van der Waals surface area contributed by atoms with Crippen molar-refractivity contribution in [2.45, 2.75) is 12.6 Å². The van der Waals surface area contributed by atoms with E-state index < -0.39 is 40.2 Å². The van der Waals surface area contributed by atoms with Crippen LogP contribution in [0.2, 0.25) is 0 Å². The van der Waals surface area contributed by atoms with Gasteiger partial charge in [0.15, 0.2) is 5.56 Å². The molecule has 0 fully saturated rings. The van der Waals surface area contributed by atoms with E-state index in [9.17, 15) is 32.1 Å². The van der Waals surface area contributed by atoms with Gasteiger partial charge in [-0.25, -0.2) is 13.8 Å². The van der Waals surface area contributed by atoms with Crippen LogP contribution < -0.4 is 5.73 Å². The SMILES string of the molecule is Nc1ncc(C(F)F)c([N+](=O)[O-])c1C(F)(F)F. The van der Waals surface area contributed by atoms with E-state index in [4.69, 9.17) is 5.73 Å². The average Bonchev–Trinajstić information content (AvgIpc) is 2.14. The molecule has 1 aromatic rings. The molecule has 0 radical (unpaired) electrons. The third-order valence-corrected chi connectivity index (χ3v) is 1.81. The molecule has 5 nitrogen and oxygen atoms in total. The second-order valence-electron chi connectivity index (χ2n) is 2.88. The van der Waals surface area contributed by atoms with Gasteiger partial charge in [0.05, 0.1) is 4.92 Å². The maximum atomic E-state index is 12.4. The largest absolute Gasteiger partial charge is 0.426 e. The monoisotopic (exact) mass is 257 g/mol. The smallest absolute Gasteiger partial charge is 0.383 e. The molecular formula is C7H4F5N3O2.